The van der Waals surface area contributed by atoms with Crippen LogP contribution in [0.1, 0.15) is 41.8 Å². The maximum Gasteiger partial charge on any atom is 0.318 e. The lowest BCUT2D eigenvalue weighted by Gasteiger charge is -2.31. The van der Waals surface area contributed by atoms with Crippen LogP contribution >= 0.6 is 11.6 Å². The number of aromatic nitrogens is 2. The average molecular weight is 515 g/mol. The summed E-state index contributed by atoms with van der Waals surface area (Å²) < 4.78 is 11.8. The third-order valence-electron chi connectivity index (χ3n) is 6.31. The highest BCUT2D eigenvalue weighted by Crippen LogP contribution is 2.37. The Kier molecular flexibility index (Phi) is 8.07. The summed E-state index contributed by atoms with van der Waals surface area (Å²) in [7, 11) is 2.77. The number of nitrogens with two attached hydrogens (primary N) is 1. The number of nitrogens with zero attached hydrogens (tertiary/aromatic N) is 5. The quantitative estimate of drug-likeness (QED) is 0.342. The number of methoxy groups -OCH3 is 1. The first-order valence-electron chi connectivity index (χ1n) is 11.9. The summed E-state index contributed by atoms with van der Waals surface area (Å²) >= 11 is 6.46. The summed E-state index contributed by atoms with van der Waals surface area (Å²) in [5.41, 5.74) is 10.3. The summed E-state index contributed by atoms with van der Waals surface area (Å²) in [5.74, 6) is 0.0192. The first kappa shape index (κ1) is 25.9. The normalized spacial score (nSPS) is 18.2. The lowest BCUT2D eigenvalue weighted by atomic mass is 9.94. The summed E-state index contributed by atoms with van der Waals surface area (Å²) in [6.07, 6.45) is 3.48. The van der Waals surface area contributed by atoms with Crippen molar-refractivity contribution in [3.05, 3.63) is 57.4 Å². The molecule has 3 heterocycles. The van der Waals surface area contributed by atoms with E-state index >= 15 is 0 Å². The average Bonchev–Trinajstić information content (AvgIpc) is 3.12. The molecule has 1 unspecified atom stereocenters. The van der Waals surface area contributed by atoms with Gasteiger partial charge in [-0.3, -0.25) is 15.0 Å². The van der Waals surface area contributed by atoms with Gasteiger partial charge in [0.25, 0.3) is 5.91 Å². The third-order valence-corrected chi connectivity index (χ3v) is 6.67. The Labute approximate surface area is 215 Å². The second-order valence-electron chi connectivity index (χ2n) is 8.70. The molecule has 0 radical (unpaired) electrons. The van der Waals surface area contributed by atoms with Gasteiger partial charge in [0.05, 0.1) is 37.8 Å². The van der Waals surface area contributed by atoms with Crippen LogP contribution in [0.25, 0.3) is 0 Å². The van der Waals surface area contributed by atoms with E-state index in [1.165, 1.54) is 13.1 Å². The number of anilines is 1. The molecule has 3 N–H and O–H groups in total. The van der Waals surface area contributed by atoms with Crippen LogP contribution in [0.15, 0.2) is 35.0 Å². The van der Waals surface area contributed by atoms with Crippen LogP contribution in [0.4, 0.5) is 5.82 Å². The van der Waals surface area contributed by atoms with Gasteiger partial charge in [0.1, 0.15) is 11.5 Å². The van der Waals surface area contributed by atoms with Crippen LogP contribution in [0.3, 0.4) is 0 Å². The molecule has 11 heteroatoms. The largest absolute Gasteiger partial charge is 0.467 e. The Morgan fingerprint density at radius 3 is 2.94 bits per heavy atom. The van der Waals surface area contributed by atoms with Gasteiger partial charge in [-0.25, -0.2) is 5.06 Å². The van der Waals surface area contributed by atoms with Gasteiger partial charge in [-0.1, -0.05) is 30.7 Å². The van der Waals surface area contributed by atoms with Gasteiger partial charge in [-0.2, -0.15) is 9.97 Å². The Hall–Kier alpha value is -3.21. The molecule has 192 valence electrons. The van der Waals surface area contributed by atoms with Gasteiger partial charge in [0, 0.05) is 37.1 Å². The maximum absolute atomic E-state index is 12.0. The minimum absolute atomic E-state index is 0.0951. The molecule has 1 aromatic heterocycles. The monoisotopic (exact) mass is 514 g/mol. The number of hydrogen-bond donors (Lipinski definition) is 2. The molecule has 0 spiro atoms. The second kappa shape index (κ2) is 11.2. The Morgan fingerprint density at radius 1 is 1.42 bits per heavy atom. The zero-order chi connectivity index (χ0) is 25.8. The maximum atomic E-state index is 12.0. The van der Waals surface area contributed by atoms with E-state index in [9.17, 15) is 10.0 Å². The van der Waals surface area contributed by atoms with Crippen LogP contribution in [-0.2, 0) is 29.0 Å². The molecule has 1 aromatic carbocycles. The molecule has 2 aromatic rings. The molecule has 10 nitrogen and oxygen atoms in total. The first-order chi connectivity index (χ1) is 17.3. The lowest BCUT2D eigenvalue weighted by molar-refractivity contribution is -0.154. The molecule has 0 fully saturated rings. The van der Waals surface area contributed by atoms with Gasteiger partial charge in [-0.05, 0) is 36.1 Å². The molecule has 36 heavy (non-hydrogen) atoms. The topological polar surface area (TPSA) is 126 Å². The van der Waals surface area contributed by atoms with Crippen LogP contribution in [-0.4, -0.2) is 65.6 Å². The Balaban J connectivity index is 1.65. The van der Waals surface area contributed by atoms with Crippen molar-refractivity contribution in [1.29, 1.82) is 0 Å². The molecular formula is C25H31ClN6O4. The second-order valence-corrected chi connectivity index (χ2v) is 9.11. The van der Waals surface area contributed by atoms with E-state index in [4.69, 9.17) is 26.8 Å². The molecule has 0 bridgehead atoms. The summed E-state index contributed by atoms with van der Waals surface area (Å²) in [5, 5.41) is 10.6. The number of carbonyl (C=O) groups is 1. The van der Waals surface area contributed by atoms with Crippen molar-refractivity contribution in [1.82, 2.24) is 15.0 Å². The zero-order valence-corrected chi connectivity index (χ0v) is 21.5. The molecule has 2 aliphatic rings. The van der Waals surface area contributed by atoms with E-state index in [1.807, 2.05) is 12.1 Å². The smallest absolute Gasteiger partial charge is 0.318 e. The highest BCUT2D eigenvalue weighted by molar-refractivity contribution is 6.31. The summed E-state index contributed by atoms with van der Waals surface area (Å²) in [6, 6.07) is 6.17. The van der Waals surface area contributed by atoms with Gasteiger partial charge >= 0.3 is 6.01 Å². The van der Waals surface area contributed by atoms with E-state index < -0.39 is 5.91 Å². The fourth-order valence-electron chi connectivity index (χ4n) is 4.54. The molecule has 4 rings (SSSR count). The fourth-order valence-corrected chi connectivity index (χ4v) is 4.86. The van der Waals surface area contributed by atoms with E-state index in [1.54, 1.807) is 7.11 Å². The van der Waals surface area contributed by atoms with E-state index in [-0.39, 0.29) is 17.8 Å². The van der Waals surface area contributed by atoms with Crippen molar-refractivity contribution in [2.24, 2.45) is 10.7 Å². The Morgan fingerprint density at radius 2 is 2.22 bits per heavy atom. The molecule has 0 aliphatic carbocycles. The number of ether oxygens (including phenoxy) is 2. The fraction of sp³-hybridized carbons (Fsp3) is 0.440. The number of halogens is 1. The predicted molar refractivity (Wildman–Crippen MR) is 137 cm³/mol. The van der Waals surface area contributed by atoms with Crippen molar-refractivity contribution in [3.63, 3.8) is 0 Å². The Bertz CT molecular complexity index is 1200. The minimum atomic E-state index is -0.693. The first-order valence-corrected chi connectivity index (χ1v) is 12.2. The molecular weight excluding hydrogens is 484 g/mol. The molecule has 2 aliphatic heterocycles. The zero-order valence-electron chi connectivity index (χ0n) is 20.7. The number of fused-ring (bicyclic) bond motifs is 1. The summed E-state index contributed by atoms with van der Waals surface area (Å²) in [4.78, 5) is 28.0. The van der Waals surface area contributed by atoms with Crippen LogP contribution < -0.4 is 15.4 Å². The van der Waals surface area contributed by atoms with Crippen molar-refractivity contribution in [2.75, 3.05) is 38.7 Å². The molecule has 1 amide bonds. The summed E-state index contributed by atoms with van der Waals surface area (Å²) in [6.45, 7) is 4.07. The number of aliphatic imine (C=N–C) groups is 1. The standard InChI is InChI=1S/C25H31ClN6O4/c1-4-16-17(7-5-8-19(16)26)22-12-21-18(14-36-22)23(30-25(29-21)35-3)32-10-6-9-28-15(13-32)11-20(27)24(33)31(2)34/h5,7-8,11,22,34H,4,6,9-10,12-14,27H2,1-3H3/b20-11-. The number of amides is 1. The lowest BCUT2D eigenvalue weighted by Crippen LogP contribution is -2.33. The van der Waals surface area contributed by atoms with E-state index in [2.05, 4.69) is 32.9 Å². The number of hydrogen-bond acceptors (Lipinski definition) is 9. The van der Waals surface area contributed by atoms with Crippen molar-refractivity contribution >= 4 is 29.0 Å². The van der Waals surface area contributed by atoms with Crippen LogP contribution in [0, 0.1) is 0 Å². The van der Waals surface area contributed by atoms with Gasteiger partial charge in [0.15, 0.2) is 0 Å². The molecule has 0 saturated carbocycles. The minimum Gasteiger partial charge on any atom is -0.467 e. The highest BCUT2D eigenvalue weighted by atomic mass is 35.5. The number of hydroxylamine groups is 2. The number of benzene rings is 1. The van der Waals surface area contributed by atoms with Gasteiger partial charge < -0.3 is 20.1 Å². The molecule has 0 saturated heterocycles. The number of carbonyl (C=O) groups excluding carboxylic acids is 1. The third kappa shape index (κ3) is 5.45. The number of rotatable bonds is 6. The van der Waals surface area contributed by atoms with Crippen molar-refractivity contribution in [2.45, 2.75) is 38.9 Å². The van der Waals surface area contributed by atoms with Crippen LogP contribution in [0.2, 0.25) is 5.02 Å². The van der Waals surface area contributed by atoms with Gasteiger partial charge in [-0.15, -0.1) is 0 Å². The van der Waals surface area contributed by atoms with E-state index in [0.717, 1.165) is 40.2 Å². The number of likely N-dealkylation sites (N-methyl/N-ethyl adjacent to an activating group) is 1. The van der Waals surface area contributed by atoms with Crippen LogP contribution in [0.5, 0.6) is 6.01 Å². The van der Waals surface area contributed by atoms with Crippen molar-refractivity contribution in [3.8, 4) is 6.01 Å². The van der Waals surface area contributed by atoms with Gasteiger partial charge in [0.2, 0.25) is 0 Å². The predicted octanol–water partition coefficient (Wildman–Crippen LogP) is 2.86. The molecule has 1 atom stereocenters. The highest BCUT2D eigenvalue weighted by Gasteiger charge is 2.30. The van der Waals surface area contributed by atoms with Crippen molar-refractivity contribution < 1.29 is 19.5 Å². The SMILES string of the molecule is CCc1c(Cl)cccc1C1Cc2nc(OC)nc(N3CCCN=C(/C=C(\N)C(=O)N(C)O)C3)c2CO1. The van der Waals surface area contributed by atoms with E-state index in [0.29, 0.717) is 49.3 Å².